The first-order chi connectivity index (χ1) is 4.70. The highest BCUT2D eigenvalue weighted by Crippen LogP contribution is 2.15. The molecule has 58 valence electrons. The minimum atomic E-state index is -0.999. The lowest BCUT2D eigenvalue weighted by atomic mass is 10.0. The molecule has 0 aliphatic carbocycles. The average molecular weight is 144 g/mol. The normalized spacial score (nSPS) is 27.6. The zero-order valence-electron chi connectivity index (χ0n) is 6.41. The maximum Gasteiger partial charge on any atom is 0.636 e. The van der Waals surface area contributed by atoms with Gasteiger partial charge in [0.25, 0.3) is 0 Å². The summed E-state index contributed by atoms with van der Waals surface area (Å²) in [6, 6.07) is 0. The SMILES string of the molecule is CC(C)C1CCOB(O)O1. The molecule has 0 radical (unpaired) electrons. The fourth-order valence-corrected chi connectivity index (χ4v) is 1.03. The van der Waals surface area contributed by atoms with Crippen molar-refractivity contribution >= 4 is 7.32 Å². The lowest BCUT2D eigenvalue weighted by Crippen LogP contribution is -2.38. The Morgan fingerprint density at radius 2 is 2.30 bits per heavy atom. The molecule has 1 saturated heterocycles. The summed E-state index contributed by atoms with van der Waals surface area (Å²) in [5.41, 5.74) is 0. The van der Waals surface area contributed by atoms with E-state index in [-0.39, 0.29) is 6.10 Å². The van der Waals surface area contributed by atoms with E-state index in [0.717, 1.165) is 6.42 Å². The molecule has 0 bridgehead atoms. The topological polar surface area (TPSA) is 38.7 Å². The van der Waals surface area contributed by atoms with Crippen molar-refractivity contribution < 1.29 is 14.3 Å². The Hall–Kier alpha value is -0.0551. The van der Waals surface area contributed by atoms with Crippen LogP contribution in [-0.2, 0) is 9.31 Å². The predicted octanol–water partition coefficient (Wildman–Crippen LogP) is 0.425. The fraction of sp³-hybridized carbons (Fsp3) is 1.00. The van der Waals surface area contributed by atoms with Crippen LogP contribution in [0.25, 0.3) is 0 Å². The Morgan fingerprint density at radius 1 is 1.60 bits per heavy atom. The van der Waals surface area contributed by atoms with Gasteiger partial charge in [0.15, 0.2) is 0 Å². The number of hydrogen-bond donors (Lipinski definition) is 1. The molecule has 0 aromatic heterocycles. The van der Waals surface area contributed by atoms with Crippen LogP contribution in [0.1, 0.15) is 20.3 Å². The van der Waals surface area contributed by atoms with Gasteiger partial charge in [0, 0.05) is 12.7 Å². The van der Waals surface area contributed by atoms with E-state index in [9.17, 15) is 0 Å². The average Bonchev–Trinajstić information content (AvgIpc) is 1.88. The highest BCUT2D eigenvalue weighted by molar-refractivity contribution is 6.34. The first-order valence-corrected chi connectivity index (χ1v) is 3.65. The second-order valence-electron chi connectivity index (χ2n) is 2.89. The molecule has 1 fully saturated rings. The summed E-state index contributed by atoms with van der Waals surface area (Å²) < 4.78 is 9.87. The van der Waals surface area contributed by atoms with Crippen LogP contribution in [0.2, 0.25) is 0 Å². The molecular formula is C6H13BO3. The van der Waals surface area contributed by atoms with Crippen LogP contribution >= 0.6 is 0 Å². The van der Waals surface area contributed by atoms with E-state index in [0.29, 0.717) is 12.5 Å². The van der Waals surface area contributed by atoms with Crippen molar-refractivity contribution in [2.45, 2.75) is 26.4 Å². The van der Waals surface area contributed by atoms with Gasteiger partial charge in [0.05, 0.1) is 0 Å². The molecule has 1 aliphatic rings. The van der Waals surface area contributed by atoms with E-state index >= 15 is 0 Å². The Balaban J connectivity index is 2.32. The van der Waals surface area contributed by atoms with Gasteiger partial charge < -0.3 is 14.3 Å². The standard InChI is InChI=1S/C6H13BO3/c1-5(2)6-3-4-9-7(8)10-6/h5-6,8H,3-4H2,1-2H3. The lowest BCUT2D eigenvalue weighted by molar-refractivity contribution is 0.00534. The molecule has 4 heteroatoms. The van der Waals surface area contributed by atoms with Crippen LogP contribution in [0.15, 0.2) is 0 Å². The zero-order valence-corrected chi connectivity index (χ0v) is 6.41. The fourth-order valence-electron chi connectivity index (χ4n) is 1.03. The van der Waals surface area contributed by atoms with Crippen molar-refractivity contribution in [2.24, 2.45) is 5.92 Å². The Labute approximate surface area is 61.5 Å². The highest BCUT2D eigenvalue weighted by atomic mass is 16.7. The van der Waals surface area contributed by atoms with Crippen molar-refractivity contribution in [3.8, 4) is 0 Å². The van der Waals surface area contributed by atoms with Crippen molar-refractivity contribution in [1.82, 2.24) is 0 Å². The van der Waals surface area contributed by atoms with E-state index < -0.39 is 7.32 Å². The van der Waals surface area contributed by atoms with Gasteiger partial charge in [-0.25, -0.2) is 0 Å². The van der Waals surface area contributed by atoms with Crippen LogP contribution in [-0.4, -0.2) is 25.1 Å². The molecule has 1 N–H and O–H groups in total. The molecule has 0 aromatic carbocycles. The summed E-state index contributed by atoms with van der Waals surface area (Å²) in [6.45, 7) is 4.75. The maximum absolute atomic E-state index is 8.88. The summed E-state index contributed by atoms with van der Waals surface area (Å²) in [6.07, 6.45) is 1.04. The molecule has 1 atom stereocenters. The van der Waals surface area contributed by atoms with Crippen LogP contribution in [0.3, 0.4) is 0 Å². The summed E-state index contributed by atoms with van der Waals surface area (Å²) in [5.74, 6) is 0.457. The number of hydrogen-bond acceptors (Lipinski definition) is 3. The van der Waals surface area contributed by atoms with Gasteiger partial charge in [0.1, 0.15) is 0 Å². The third-order valence-corrected chi connectivity index (χ3v) is 1.70. The Morgan fingerprint density at radius 3 is 2.70 bits per heavy atom. The van der Waals surface area contributed by atoms with Gasteiger partial charge in [-0.2, -0.15) is 0 Å². The molecule has 1 aliphatic heterocycles. The van der Waals surface area contributed by atoms with Crippen molar-refractivity contribution in [3.05, 3.63) is 0 Å². The van der Waals surface area contributed by atoms with Crippen LogP contribution in [0, 0.1) is 5.92 Å². The molecule has 10 heavy (non-hydrogen) atoms. The van der Waals surface area contributed by atoms with E-state index in [1.807, 2.05) is 0 Å². The largest absolute Gasteiger partial charge is 0.636 e. The van der Waals surface area contributed by atoms with Gasteiger partial charge in [-0.15, -0.1) is 0 Å². The van der Waals surface area contributed by atoms with E-state index in [4.69, 9.17) is 14.3 Å². The molecule has 0 amide bonds. The molecule has 0 spiro atoms. The van der Waals surface area contributed by atoms with Gasteiger partial charge in [-0.1, -0.05) is 13.8 Å². The first kappa shape index (κ1) is 8.05. The second-order valence-corrected chi connectivity index (χ2v) is 2.89. The van der Waals surface area contributed by atoms with Gasteiger partial charge >= 0.3 is 7.32 Å². The smallest absolute Gasteiger partial charge is 0.402 e. The van der Waals surface area contributed by atoms with Crippen molar-refractivity contribution in [2.75, 3.05) is 6.61 Å². The third-order valence-electron chi connectivity index (χ3n) is 1.70. The van der Waals surface area contributed by atoms with Crippen LogP contribution < -0.4 is 0 Å². The highest BCUT2D eigenvalue weighted by Gasteiger charge is 2.28. The Kier molecular flexibility index (Phi) is 2.71. The van der Waals surface area contributed by atoms with Crippen molar-refractivity contribution in [3.63, 3.8) is 0 Å². The van der Waals surface area contributed by atoms with E-state index in [1.165, 1.54) is 0 Å². The summed E-state index contributed by atoms with van der Waals surface area (Å²) in [4.78, 5) is 0. The molecule has 1 rings (SSSR count). The summed E-state index contributed by atoms with van der Waals surface area (Å²) in [7, 11) is -0.999. The second kappa shape index (κ2) is 3.37. The van der Waals surface area contributed by atoms with Crippen LogP contribution in [0.4, 0.5) is 0 Å². The van der Waals surface area contributed by atoms with Gasteiger partial charge in [0.2, 0.25) is 0 Å². The molecule has 0 saturated carbocycles. The van der Waals surface area contributed by atoms with Crippen molar-refractivity contribution in [1.29, 1.82) is 0 Å². The van der Waals surface area contributed by atoms with Crippen LogP contribution in [0.5, 0.6) is 0 Å². The third kappa shape index (κ3) is 1.97. The summed E-state index contributed by atoms with van der Waals surface area (Å²) >= 11 is 0. The minimum Gasteiger partial charge on any atom is -0.402 e. The lowest BCUT2D eigenvalue weighted by Gasteiger charge is -2.27. The Bertz CT molecular complexity index is 107. The van der Waals surface area contributed by atoms with Gasteiger partial charge in [-0.3, -0.25) is 0 Å². The van der Waals surface area contributed by atoms with Gasteiger partial charge in [-0.05, 0) is 12.3 Å². The summed E-state index contributed by atoms with van der Waals surface area (Å²) in [5, 5.41) is 8.88. The van der Waals surface area contributed by atoms with E-state index in [2.05, 4.69) is 13.8 Å². The predicted molar refractivity (Wildman–Crippen MR) is 38.3 cm³/mol. The first-order valence-electron chi connectivity index (χ1n) is 3.65. The molecule has 0 aromatic rings. The molecule has 1 heterocycles. The quantitative estimate of drug-likeness (QED) is 0.542. The molecular weight excluding hydrogens is 131 g/mol. The maximum atomic E-state index is 8.88. The molecule has 1 unspecified atom stereocenters. The zero-order chi connectivity index (χ0) is 7.56. The monoisotopic (exact) mass is 144 g/mol. The molecule has 3 nitrogen and oxygen atoms in total. The number of rotatable bonds is 1. The van der Waals surface area contributed by atoms with E-state index in [1.54, 1.807) is 0 Å². The minimum absolute atomic E-state index is 0.156.